The van der Waals surface area contributed by atoms with Crippen molar-refractivity contribution >= 4 is 65.7 Å². The second-order valence-electron chi connectivity index (χ2n) is 14.4. The van der Waals surface area contributed by atoms with Gasteiger partial charge < -0.3 is 13.4 Å². The minimum atomic E-state index is 0.594. The van der Waals surface area contributed by atoms with Crippen molar-refractivity contribution in [1.29, 1.82) is 0 Å². The number of furan rings is 2. The molecule has 0 aliphatic rings. The lowest BCUT2D eigenvalue weighted by atomic mass is 10.0. The molecule has 0 aliphatic carbocycles. The first-order chi connectivity index (χ1) is 28.2. The van der Waals surface area contributed by atoms with Crippen LogP contribution in [0.15, 0.2) is 191 Å². The lowest BCUT2D eigenvalue weighted by molar-refractivity contribution is 0.668. The monoisotopic (exact) mass is 730 g/mol. The number of aromatic nitrogens is 4. The van der Waals surface area contributed by atoms with E-state index in [4.69, 9.17) is 23.8 Å². The number of hydrogen-bond donors (Lipinski definition) is 0. The van der Waals surface area contributed by atoms with Crippen LogP contribution in [-0.2, 0) is 0 Å². The highest BCUT2D eigenvalue weighted by atomic mass is 16.3. The molecule has 4 aromatic heterocycles. The second-order valence-corrected chi connectivity index (χ2v) is 14.4. The van der Waals surface area contributed by atoms with Crippen LogP contribution in [0.25, 0.3) is 117 Å². The maximum atomic E-state index is 6.49. The topological polar surface area (TPSA) is 69.9 Å². The fraction of sp³-hybridized carbons (Fsp3) is 0. The molecule has 12 aromatic rings. The molecule has 266 valence electrons. The van der Waals surface area contributed by atoms with Gasteiger partial charge in [-0.25, -0.2) is 15.0 Å². The van der Waals surface area contributed by atoms with Crippen molar-refractivity contribution in [3.05, 3.63) is 182 Å². The van der Waals surface area contributed by atoms with Crippen molar-refractivity contribution < 1.29 is 8.83 Å². The third-order valence-corrected chi connectivity index (χ3v) is 11.1. The Hall–Kier alpha value is -7.83. The number of para-hydroxylation sites is 2. The Balaban J connectivity index is 0.955. The van der Waals surface area contributed by atoms with Gasteiger partial charge in [0.05, 0.1) is 11.0 Å². The van der Waals surface area contributed by atoms with Gasteiger partial charge in [-0.05, 0) is 77.9 Å². The molecule has 0 fully saturated rings. The minimum absolute atomic E-state index is 0.594. The van der Waals surface area contributed by atoms with Gasteiger partial charge in [-0.1, -0.05) is 115 Å². The molecule has 0 aliphatic heterocycles. The SMILES string of the molecule is c1ccc(-c2nc(-c3ccccc3)nc(-c3ccc4c(c3)oc3ccc(-c5ccc6c(c5)c5ccccc5n6-c5ccc6oc7ccccc7c6c5)cc34)n2)cc1. The van der Waals surface area contributed by atoms with Gasteiger partial charge in [0.25, 0.3) is 0 Å². The molecule has 4 heterocycles. The normalized spacial score (nSPS) is 11.9. The Kier molecular flexibility index (Phi) is 6.83. The lowest BCUT2D eigenvalue weighted by Crippen LogP contribution is -2.00. The highest BCUT2D eigenvalue weighted by Crippen LogP contribution is 2.39. The fourth-order valence-corrected chi connectivity index (χ4v) is 8.32. The van der Waals surface area contributed by atoms with Crippen LogP contribution in [0.1, 0.15) is 0 Å². The average Bonchev–Trinajstić information content (AvgIpc) is 3.95. The summed E-state index contributed by atoms with van der Waals surface area (Å²) in [6.45, 7) is 0. The predicted octanol–water partition coefficient (Wildman–Crippen LogP) is 13.4. The van der Waals surface area contributed by atoms with Crippen LogP contribution >= 0.6 is 0 Å². The van der Waals surface area contributed by atoms with E-state index in [1.807, 2.05) is 78.9 Å². The molecule has 0 N–H and O–H groups in total. The number of fused-ring (bicyclic) bond motifs is 9. The molecule has 0 unspecified atom stereocenters. The van der Waals surface area contributed by atoms with E-state index in [-0.39, 0.29) is 0 Å². The van der Waals surface area contributed by atoms with E-state index in [1.165, 1.54) is 10.8 Å². The van der Waals surface area contributed by atoms with Crippen molar-refractivity contribution in [3.63, 3.8) is 0 Å². The smallest absolute Gasteiger partial charge is 0.164 e. The summed E-state index contributed by atoms with van der Waals surface area (Å²) in [6, 6.07) is 62.9. The van der Waals surface area contributed by atoms with Gasteiger partial charge in [-0.2, -0.15) is 0 Å². The van der Waals surface area contributed by atoms with Gasteiger partial charge in [0.2, 0.25) is 0 Å². The van der Waals surface area contributed by atoms with Crippen LogP contribution in [0.4, 0.5) is 0 Å². The first-order valence-corrected chi connectivity index (χ1v) is 19.0. The molecule has 8 aromatic carbocycles. The lowest BCUT2D eigenvalue weighted by Gasteiger charge is -2.09. The summed E-state index contributed by atoms with van der Waals surface area (Å²) in [7, 11) is 0. The molecule has 0 amide bonds. The molecule has 12 rings (SSSR count). The maximum Gasteiger partial charge on any atom is 0.164 e. The average molecular weight is 731 g/mol. The molecule has 0 spiro atoms. The van der Waals surface area contributed by atoms with Crippen LogP contribution in [0.3, 0.4) is 0 Å². The van der Waals surface area contributed by atoms with E-state index >= 15 is 0 Å². The van der Waals surface area contributed by atoms with Gasteiger partial charge in [0.15, 0.2) is 17.5 Å². The quantitative estimate of drug-likeness (QED) is 0.176. The number of hydrogen-bond acceptors (Lipinski definition) is 5. The van der Waals surface area contributed by atoms with Gasteiger partial charge >= 0.3 is 0 Å². The number of benzene rings is 8. The summed E-state index contributed by atoms with van der Waals surface area (Å²) in [6.07, 6.45) is 0. The van der Waals surface area contributed by atoms with E-state index in [0.717, 1.165) is 88.4 Å². The molecule has 0 bridgehead atoms. The van der Waals surface area contributed by atoms with Gasteiger partial charge in [0, 0.05) is 54.7 Å². The zero-order chi connectivity index (χ0) is 37.5. The summed E-state index contributed by atoms with van der Waals surface area (Å²) in [5.74, 6) is 1.85. The largest absolute Gasteiger partial charge is 0.456 e. The number of nitrogens with zero attached hydrogens (tertiary/aromatic N) is 4. The molecule has 0 radical (unpaired) electrons. The van der Waals surface area contributed by atoms with E-state index in [0.29, 0.717) is 17.5 Å². The molecular weight excluding hydrogens is 701 g/mol. The predicted molar refractivity (Wildman–Crippen MR) is 230 cm³/mol. The Labute approximate surface area is 325 Å². The number of rotatable bonds is 5. The van der Waals surface area contributed by atoms with Crippen LogP contribution in [0.2, 0.25) is 0 Å². The van der Waals surface area contributed by atoms with E-state index in [9.17, 15) is 0 Å². The van der Waals surface area contributed by atoms with Gasteiger partial charge in [-0.15, -0.1) is 0 Å². The van der Waals surface area contributed by atoms with Gasteiger partial charge in [0.1, 0.15) is 22.3 Å². The van der Waals surface area contributed by atoms with Gasteiger partial charge in [-0.3, -0.25) is 0 Å². The summed E-state index contributed by atoms with van der Waals surface area (Å²) < 4.78 is 15.0. The first kappa shape index (κ1) is 31.5. The van der Waals surface area contributed by atoms with Crippen molar-refractivity contribution in [2.24, 2.45) is 0 Å². The Morgan fingerprint density at radius 3 is 1.56 bits per heavy atom. The molecule has 0 atom stereocenters. The third-order valence-electron chi connectivity index (χ3n) is 11.1. The Morgan fingerprint density at radius 2 is 0.807 bits per heavy atom. The van der Waals surface area contributed by atoms with Crippen LogP contribution < -0.4 is 0 Å². The minimum Gasteiger partial charge on any atom is -0.456 e. The molecule has 0 saturated heterocycles. The van der Waals surface area contributed by atoms with Crippen molar-refractivity contribution in [2.45, 2.75) is 0 Å². The molecule has 6 heteroatoms. The van der Waals surface area contributed by atoms with E-state index < -0.39 is 0 Å². The zero-order valence-corrected chi connectivity index (χ0v) is 30.4. The highest BCUT2D eigenvalue weighted by Gasteiger charge is 2.18. The highest BCUT2D eigenvalue weighted by molar-refractivity contribution is 6.12. The van der Waals surface area contributed by atoms with Crippen LogP contribution in [-0.4, -0.2) is 19.5 Å². The van der Waals surface area contributed by atoms with E-state index in [1.54, 1.807) is 0 Å². The standard InChI is InChI=1S/C51H30N4O2/c1-3-11-31(12-4-1)49-52-50(32-13-5-2-6-14-32)54-51(53-49)35-19-23-39-41-28-34(21-25-46(41)57-48(39)29-35)33-20-24-44-40(27-33)37-15-7-9-17-43(37)55(44)36-22-26-47-42(30-36)38-16-8-10-18-45(38)56-47/h1-30H. The molecule has 57 heavy (non-hydrogen) atoms. The molecule has 6 nitrogen and oxygen atoms in total. The van der Waals surface area contributed by atoms with Crippen molar-refractivity contribution in [1.82, 2.24) is 19.5 Å². The zero-order valence-electron chi connectivity index (χ0n) is 30.4. The fourth-order valence-electron chi connectivity index (χ4n) is 8.32. The molecular formula is C51H30N4O2. The van der Waals surface area contributed by atoms with Crippen LogP contribution in [0.5, 0.6) is 0 Å². The summed E-state index contributed by atoms with van der Waals surface area (Å²) in [5, 5.41) is 6.73. The Morgan fingerprint density at radius 1 is 0.298 bits per heavy atom. The molecule has 0 saturated carbocycles. The van der Waals surface area contributed by atoms with Crippen molar-refractivity contribution in [2.75, 3.05) is 0 Å². The van der Waals surface area contributed by atoms with Crippen LogP contribution in [0, 0.1) is 0 Å². The first-order valence-electron chi connectivity index (χ1n) is 19.0. The van der Waals surface area contributed by atoms with E-state index in [2.05, 4.69) is 108 Å². The summed E-state index contributed by atoms with van der Waals surface area (Å²) in [5.41, 5.74) is 11.8. The second kappa shape index (κ2) is 12.3. The summed E-state index contributed by atoms with van der Waals surface area (Å²) >= 11 is 0. The Bertz CT molecular complexity index is 3470. The summed E-state index contributed by atoms with van der Waals surface area (Å²) in [4.78, 5) is 14.7. The van der Waals surface area contributed by atoms with Crippen molar-refractivity contribution in [3.8, 4) is 51.0 Å². The maximum absolute atomic E-state index is 6.49. The third kappa shape index (κ3) is 5.08.